The third-order valence-electron chi connectivity index (χ3n) is 3.84. The van der Waals surface area contributed by atoms with Crippen LogP contribution in [0.15, 0.2) is 48.5 Å². The second-order valence-corrected chi connectivity index (χ2v) is 6.24. The highest BCUT2D eigenvalue weighted by molar-refractivity contribution is 5.96. The van der Waals surface area contributed by atoms with Gasteiger partial charge in [-0.3, -0.25) is 40.9 Å². The van der Waals surface area contributed by atoms with Crippen molar-refractivity contribution in [3.63, 3.8) is 0 Å². The maximum atomic E-state index is 11.9. The zero-order valence-corrected chi connectivity index (χ0v) is 15.7. The van der Waals surface area contributed by atoms with Gasteiger partial charge in [-0.15, -0.1) is 0 Å². The average Bonchev–Trinajstić information content (AvgIpc) is 2.69. The molecule has 4 amide bonds. The van der Waals surface area contributed by atoms with Crippen molar-refractivity contribution in [3.8, 4) is 0 Å². The number of benzene rings is 2. The van der Waals surface area contributed by atoms with Gasteiger partial charge in [-0.2, -0.15) is 0 Å². The van der Waals surface area contributed by atoms with Crippen LogP contribution >= 0.6 is 0 Å². The highest BCUT2D eigenvalue weighted by Crippen LogP contribution is 2.03. The first-order chi connectivity index (χ1) is 13.3. The Kier molecular flexibility index (Phi) is 7.27. The Morgan fingerprint density at radius 2 is 0.893 bits per heavy atom. The molecule has 0 spiro atoms. The number of carbonyl (C=O) groups excluding carboxylic acids is 4. The van der Waals surface area contributed by atoms with Crippen LogP contribution in [0.4, 0.5) is 0 Å². The lowest BCUT2D eigenvalue weighted by molar-refractivity contribution is -0.127. The maximum absolute atomic E-state index is 11.9. The number of hydrogen-bond donors (Lipinski definition) is 4. The molecule has 0 aliphatic carbocycles. The molecule has 28 heavy (non-hydrogen) atoms. The summed E-state index contributed by atoms with van der Waals surface area (Å²) in [4.78, 5) is 47.2. The molecule has 0 fully saturated rings. The van der Waals surface area contributed by atoms with E-state index in [9.17, 15) is 19.2 Å². The molecule has 2 rings (SSSR count). The lowest BCUT2D eigenvalue weighted by atomic mass is 10.1. The monoisotopic (exact) mass is 382 g/mol. The summed E-state index contributed by atoms with van der Waals surface area (Å²) in [7, 11) is 0. The van der Waals surface area contributed by atoms with Crippen LogP contribution in [-0.2, 0) is 9.59 Å². The topological polar surface area (TPSA) is 116 Å². The number of rotatable bonds is 5. The van der Waals surface area contributed by atoms with E-state index in [1.807, 2.05) is 13.8 Å². The van der Waals surface area contributed by atoms with E-state index in [2.05, 4.69) is 21.7 Å². The van der Waals surface area contributed by atoms with Gasteiger partial charge in [0.15, 0.2) is 0 Å². The largest absolute Gasteiger partial charge is 0.273 e. The molecule has 8 heteroatoms. The fourth-order valence-corrected chi connectivity index (χ4v) is 2.16. The van der Waals surface area contributed by atoms with Crippen LogP contribution in [0.3, 0.4) is 0 Å². The van der Waals surface area contributed by atoms with Crippen molar-refractivity contribution >= 4 is 23.6 Å². The van der Waals surface area contributed by atoms with Crippen molar-refractivity contribution in [1.82, 2.24) is 21.7 Å². The van der Waals surface area contributed by atoms with Crippen molar-refractivity contribution in [2.45, 2.75) is 26.7 Å². The van der Waals surface area contributed by atoms with E-state index in [0.29, 0.717) is 11.1 Å². The molecule has 0 atom stereocenters. The third-order valence-corrected chi connectivity index (χ3v) is 3.84. The van der Waals surface area contributed by atoms with Gasteiger partial charge < -0.3 is 0 Å². The second kappa shape index (κ2) is 9.86. The summed E-state index contributed by atoms with van der Waals surface area (Å²) in [6.45, 7) is 3.80. The summed E-state index contributed by atoms with van der Waals surface area (Å²) in [6, 6.07) is 13.7. The highest BCUT2D eigenvalue weighted by atomic mass is 16.2. The summed E-state index contributed by atoms with van der Waals surface area (Å²) in [5.41, 5.74) is 11.9. The fraction of sp³-hybridized carbons (Fsp3) is 0.200. The summed E-state index contributed by atoms with van der Waals surface area (Å²) in [6.07, 6.45) is -0.305. The minimum absolute atomic E-state index is 0.152. The second-order valence-electron chi connectivity index (χ2n) is 6.24. The molecule has 0 heterocycles. The van der Waals surface area contributed by atoms with Gasteiger partial charge in [-0.05, 0) is 38.1 Å². The molecule has 0 unspecified atom stereocenters. The van der Waals surface area contributed by atoms with Crippen LogP contribution in [0.25, 0.3) is 0 Å². The maximum Gasteiger partial charge on any atom is 0.269 e. The van der Waals surface area contributed by atoms with Crippen LogP contribution < -0.4 is 21.7 Å². The van der Waals surface area contributed by atoms with Gasteiger partial charge in [0, 0.05) is 24.0 Å². The van der Waals surface area contributed by atoms with Crippen LogP contribution in [0.1, 0.15) is 44.7 Å². The van der Waals surface area contributed by atoms with Gasteiger partial charge >= 0.3 is 0 Å². The molecule has 0 saturated heterocycles. The van der Waals surface area contributed by atoms with Gasteiger partial charge in [0.25, 0.3) is 11.8 Å². The van der Waals surface area contributed by atoms with Crippen LogP contribution in [0, 0.1) is 13.8 Å². The molecule has 2 aromatic rings. The third kappa shape index (κ3) is 6.56. The van der Waals surface area contributed by atoms with Crippen molar-refractivity contribution in [3.05, 3.63) is 70.8 Å². The van der Waals surface area contributed by atoms with Crippen molar-refractivity contribution < 1.29 is 19.2 Å². The van der Waals surface area contributed by atoms with Gasteiger partial charge in [-0.25, -0.2) is 0 Å². The standard InChI is InChI=1S/C20H22N4O4/c1-13-3-7-15(8-4-13)19(27)23-21-17(25)11-12-18(26)22-24-20(28)16-9-5-14(2)6-10-16/h3-10H,11-12H2,1-2H3,(H,21,25)(H,22,26)(H,23,27)(H,24,28). The SMILES string of the molecule is Cc1ccc(C(=O)NNC(=O)CCC(=O)NNC(=O)c2ccc(C)cc2)cc1. The fourth-order valence-electron chi connectivity index (χ4n) is 2.16. The molecule has 0 aromatic heterocycles. The Morgan fingerprint density at radius 1 is 0.571 bits per heavy atom. The normalized spacial score (nSPS) is 9.93. The predicted molar refractivity (Wildman–Crippen MR) is 103 cm³/mol. The Hall–Kier alpha value is -3.68. The number of hydrogen-bond acceptors (Lipinski definition) is 4. The van der Waals surface area contributed by atoms with Gasteiger partial charge in [0.1, 0.15) is 0 Å². The van der Waals surface area contributed by atoms with Crippen molar-refractivity contribution in [1.29, 1.82) is 0 Å². The molecular formula is C20H22N4O4. The van der Waals surface area contributed by atoms with Crippen molar-refractivity contribution in [2.24, 2.45) is 0 Å². The molecule has 0 bridgehead atoms. The number of amides is 4. The summed E-state index contributed by atoms with van der Waals surface area (Å²) >= 11 is 0. The minimum atomic E-state index is -0.527. The van der Waals surface area contributed by atoms with E-state index < -0.39 is 23.6 Å². The molecule has 2 aromatic carbocycles. The quantitative estimate of drug-likeness (QED) is 0.583. The summed E-state index contributed by atoms with van der Waals surface area (Å²) in [5.74, 6) is -1.97. The predicted octanol–water partition coefficient (Wildman–Crippen LogP) is 1.31. The average molecular weight is 382 g/mol. The zero-order chi connectivity index (χ0) is 20.5. The lowest BCUT2D eigenvalue weighted by Gasteiger charge is -2.09. The number of nitrogens with one attached hydrogen (secondary N) is 4. The highest BCUT2D eigenvalue weighted by Gasteiger charge is 2.11. The number of hydrazine groups is 2. The van der Waals surface area contributed by atoms with E-state index in [1.165, 1.54) is 0 Å². The van der Waals surface area contributed by atoms with Crippen molar-refractivity contribution in [2.75, 3.05) is 0 Å². The van der Waals surface area contributed by atoms with Gasteiger partial charge in [0.05, 0.1) is 0 Å². The Bertz CT molecular complexity index is 787. The number of aryl methyl sites for hydroxylation is 2. The molecule has 8 nitrogen and oxygen atoms in total. The van der Waals surface area contributed by atoms with E-state index >= 15 is 0 Å². The molecular weight excluding hydrogens is 360 g/mol. The summed E-state index contributed by atoms with van der Waals surface area (Å²) in [5, 5.41) is 0. The minimum Gasteiger partial charge on any atom is -0.273 e. The van der Waals surface area contributed by atoms with E-state index in [0.717, 1.165) is 11.1 Å². The van der Waals surface area contributed by atoms with Crippen LogP contribution in [0.2, 0.25) is 0 Å². The van der Waals surface area contributed by atoms with E-state index in [1.54, 1.807) is 48.5 Å². The summed E-state index contributed by atoms with van der Waals surface area (Å²) < 4.78 is 0. The van der Waals surface area contributed by atoms with Gasteiger partial charge in [0.2, 0.25) is 11.8 Å². The molecule has 4 N–H and O–H groups in total. The molecule has 0 aliphatic rings. The lowest BCUT2D eigenvalue weighted by Crippen LogP contribution is -2.44. The van der Waals surface area contributed by atoms with E-state index in [-0.39, 0.29) is 12.8 Å². The van der Waals surface area contributed by atoms with Crippen LogP contribution in [0.5, 0.6) is 0 Å². The van der Waals surface area contributed by atoms with E-state index in [4.69, 9.17) is 0 Å². The van der Waals surface area contributed by atoms with Crippen LogP contribution in [-0.4, -0.2) is 23.6 Å². The molecule has 0 saturated carbocycles. The Balaban J connectivity index is 1.67. The number of carbonyl (C=O) groups is 4. The Labute approximate surface area is 162 Å². The molecule has 146 valence electrons. The Morgan fingerprint density at radius 3 is 1.21 bits per heavy atom. The zero-order valence-electron chi connectivity index (χ0n) is 15.7. The smallest absolute Gasteiger partial charge is 0.269 e. The molecule has 0 aliphatic heterocycles. The first-order valence-electron chi connectivity index (χ1n) is 8.67. The van der Waals surface area contributed by atoms with Gasteiger partial charge in [-0.1, -0.05) is 35.4 Å². The first kappa shape index (κ1) is 20.6. The first-order valence-corrected chi connectivity index (χ1v) is 8.67. The molecule has 0 radical (unpaired) electrons.